The van der Waals surface area contributed by atoms with Gasteiger partial charge < -0.3 is 8.98 Å². The summed E-state index contributed by atoms with van der Waals surface area (Å²) >= 11 is 0. The van der Waals surface area contributed by atoms with Crippen molar-refractivity contribution < 1.29 is 8.98 Å². The second-order valence-electron chi connectivity index (χ2n) is 6.03. The Morgan fingerprint density at radius 3 is 1.69 bits per heavy atom. The van der Waals surface area contributed by atoms with E-state index in [0.717, 1.165) is 16.2 Å². The Balaban J connectivity index is 2.03. The smallest absolute Gasteiger partial charge is 0.192 e. The fraction of sp³-hybridized carbons (Fsp3) is 0.0455. The molecule has 0 spiro atoms. The molecule has 0 aliphatic heterocycles. The molecule has 1 heterocycles. The van der Waals surface area contributed by atoms with Crippen molar-refractivity contribution in [2.24, 2.45) is 0 Å². The number of aromatic nitrogens is 1. The van der Waals surface area contributed by atoms with Gasteiger partial charge in [-0.25, -0.2) is 4.98 Å². The van der Waals surface area contributed by atoms with E-state index in [2.05, 4.69) is 4.98 Å². The number of aryl methyl sites for hydroxylation is 1. The molecule has 3 aromatic carbocycles. The molecule has 0 radical (unpaired) electrons. The first-order valence-electron chi connectivity index (χ1n) is 8.44. The maximum absolute atomic E-state index is 14.5. The van der Waals surface area contributed by atoms with E-state index in [1.165, 1.54) is 0 Å². The summed E-state index contributed by atoms with van der Waals surface area (Å²) in [6.45, 7) is 1.79. The van der Waals surface area contributed by atoms with E-state index in [0.29, 0.717) is 17.1 Å². The molecule has 0 aliphatic rings. The maximum atomic E-state index is 14.5. The Kier molecular flexibility index (Phi) is 4.32. The first-order chi connectivity index (χ1) is 12.7. The molecule has 0 amide bonds. The monoisotopic (exact) mass is 359 g/mol. The number of rotatable bonds is 4. The quantitative estimate of drug-likeness (QED) is 0.511. The third kappa shape index (κ3) is 2.81. The lowest BCUT2D eigenvalue weighted by atomic mass is 10.2. The molecule has 3 nitrogen and oxygen atoms in total. The van der Waals surface area contributed by atoms with E-state index in [9.17, 15) is 4.57 Å². The van der Waals surface area contributed by atoms with Crippen molar-refractivity contribution in [3.63, 3.8) is 0 Å². The molecule has 4 heteroatoms. The standard InChI is InChI=1S/C22H18NO2P/c1-17-23-22(21(25-17)18-11-5-2-6-12-18)26(24,19-13-7-3-8-14-19)20-15-9-4-10-16-20/h2-16H,1H3. The van der Waals surface area contributed by atoms with E-state index in [4.69, 9.17) is 4.42 Å². The van der Waals surface area contributed by atoms with Gasteiger partial charge in [-0.05, 0) is 0 Å². The van der Waals surface area contributed by atoms with Crippen LogP contribution >= 0.6 is 7.14 Å². The summed E-state index contributed by atoms with van der Waals surface area (Å²) in [5.41, 5.74) is 1.37. The molecule has 4 aromatic rings. The Hall–Kier alpha value is -2.90. The summed E-state index contributed by atoms with van der Waals surface area (Å²) in [4.78, 5) is 4.58. The molecule has 26 heavy (non-hydrogen) atoms. The van der Waals surface area contributed by atoms with Crippen molar-refractivity contribution in [1.29, 1.82) is 0 Å². The highest BCUT2D eigenvalue weighted by Gasteiger charge is 2.36. The molecule has 0 fully saturated rings. The van der Waals surface area contributed by atoms with Gasteiger partial charge in [-0.3, -0.25) is 0 Å². The summed E-state index contributed by atoms with van der Waals surface area (Å²) in [6, 6.07) is 28.8. The number of nitrogens with zero attached hydrogens (tertiary/aromatic N) is 1. The third-order valence-corrected chi connectivity index (χ3v) is 7.24. The van der Waals surface area contributed by atoms with E-state index in [1.54, 1.807) is 6.92 Å². The van der Waals surface area contributed by atoms with Crippen LogP contribution in [0.25, 0.3) is 11.3 Å². The van der Waals surface area contributed by atoms with Crippen LogP contribution in [-0.4, -0.2) is 4.98 Å². The molecule has 0 bridgehead atoms. The molecule has 128 valence electrons. The second kappa shape index (κ2) is 6.78. The van der Waals surface area contributed by atoms with E-state index in [-0.39, 0.29) is 0 Å². The number of benzene rings is 3. The van der Waals surface area contributed by atoms with Crippen molar-refractivity contribution in [2.45, 2.75) is 6.92 Å². The highest BCUT2D eigenvalue weighted by molar-refractivity contribution is 7.85. The summed E-state index contributed by atoms with van der Waals surface area (Å²) in [5, 5.41) is 1.49. The lowest BCUT2D eigenvalue weighted by Gasteiger charge is -2.18. The van der Waals surface area contributed by atoms with Gasteiger partial charge in [0, 0.05) is 23.1 Å². The predicted molar refractivity (Wildman–Crippen MR) is 106 cm³/mol. The normalized spacial score (nSPS) is 11.4. The van der Waals surface area contributed by atoms with Crippen LogP contribution in [0.1, 0.15) is 5.89 Å². The molecule has 4 rings (SSSR count). The van der Waals surface area contributed by atoms with E-state index < -0.39 is 7.14 Å². The fourth-order valence-electron chi connectivity index (χ4n) is 3.08. The summed E-state index contributed by atoms with van der Waals surface area (Å²) in [6.07, 6.45) is 0. The van der Waals surface area contributed by atoms with Gasteiger partial charge in [-0.1, -0.05) is 91.0 Å². The summed E-state index contributed by atoms with van der Waals surface area (Å²) < 4.78 is 20.4. The summed E-state index contributed by atoms with van der Waals surface area (Å²) in [7, 11) is -3.16. The molecule has 0 saturated heterocycles. The average molecular weight is 359 g/mol. The van der Waals surface area contributed by atoms with Crippen LogP contribution < -0.4 is 16.0 Å². The number of hydrogen-bond donors (Lipinski definition) is 0. The van der Waals surface area contributed by atoms with Crippen molar-refractivity contribution in [2.75, 3.05) is 0 Å². The Labute approximate surface area is 152 Å². The summed E-state index contributed by atoms with van der Waals surface area (Å²) in [5.74, 6) is 1.07. The maximum Gasteiger partial charge on any atom is 0.192 e. The molecule has 0 atom stereocenters. The minimum absolute atomic E-state index is 0.499. The van der Waals surface area contributed by atoms with Crippen LogP contribution in [0.4, 0.5) is 0 Å². The van der Waals surface area contributed by atoms with Crippen molar-refractivity contribution in [1.82, 2.24) is 4.98 Å². The van der Waals surface area contributed by atoms with Crippen LogP contribution in [0.3, 0.4) is 0 Å². The second-order valence-corrected chi connectivity index (χ2v) is 8.71. The van der Waals surface area contributed by atoms with E-state index in [1.807, 2.05) is 91.0 Å². The van der Waals surface area contributed by atoms with Crippen LogP contribution in [-0.2, 0) is 4.57 Å². The molecule has 0 aliphatic carbocycles. The van der Waals surface area contributed by atoms with Crippen LogP contribution in [0.2, 0.25) is 0 Å². The van der Waals surface area contributed by atoms with Gasteiger partial charge in [0.1, 0.15) is 0 Å². The van der Waals surface area contributed by atoms with Crippen LogP contribution in [0, 0.1) is 6.92 Å². The van der Waals surface area contributed by atoms with Gasteiger partial charge in [0.05, 0.1) is 0 Å². The van der Waals surface area contributed by atoms with Crippen LogP contribution in [0.5, 0.6) is 0 Å². The van der Waals surface area contributed by atoms with Gasteiger partial charge in [-0.15, -0.1) is 0 Å². The molecule has 0 unspecified atom stereocenters. The van der Waals surface area contributed by atoms with Gasteiger partial charge in [0.25, 0.3) is 0 Å². The average Bonchev–Trinajstić information content (AvgIpc) is 3.11. The molecule has 0 N–H and O–H groups in total. The van der Waals surface area contributed by atoms with Gasteiger partial charge >= 0.3 is 0 Å². The molecule has 1 aromatic heterocycles. The zero-order valence-electron chi connectivity index (χ0n) is 14.4. The molecular weight excluding hydrogens is 341 g/mol. The topological polar surface area (TPSA) is 43.1 Å². The van der Waals surface area contributed by atoms with Crippen LogP contribution in [0.15, 0.2) is 95.4 Å². The zero-order chi connectivity index (χ0) is 18.0. The van der Waals surface area contributed by atoms with Crippen molar-refractivity contribution in [3.8, 4) is 11.3 Å². The molecule has 0 saturated carbocycles. The highest BCUT2D eigenvalue weighted by Crippen LogP contribution is 2.44. The minimum atomic E-state index is -3.16. The lowest BCUT2D eigenvalue weighted by molar-refractivity contribution is 0.534. The minimum Gasteiger partial charge on any atom is -0.440 e. The Morgan fingerprint density at radius 2 is 1.19 bits per heavy atom. The fourth-order valence-corrected chi connectivity index (χ4v) is 5.79. The van der Waals surface area contributed by atoms with Gasteiger partial charge in [0.15, 0.2) is 24.2 Å². The van der Waals surface area contributed by atoms with Gasteiger partial charge in [-0.2, -0.15) is 0 Å². The van der Waals surface area contributed by atoms with Crippen molar-refractivity contribution in [3.05, 3.63) is 96.9 Å². The number of oxazole rings is 1. The highest BCUT2D eigenvalue weighted by atomic mass is 31.2. The van der Waals surface area contributed by atoms with E-state index >= 15 is 0 Å². The first kappa shape index (κ1) is 16.6. The largest absolute Gasteiger partial charge is 0.440 e. The first-order valence-corrected chi connectivity index (χ1v) is 10.1. The lowest BCUT2D eigenvalue weighted by Crippen LogP contribution is -2.27. The van der Waals surface area contributed by atoms with Crippen molar-refractivity contribution >= 4 is 23.2 Å². The zero-order valence-corrected chi connectivity index (χ0v) is 15.3. The number of hydrogen-bond acceptors (Lipinski definition) is 3. The molecular formula is C22H18NO2P. The van der Waals surface area contributed by atoms with Gasteiger partial charge in [0.2, 0.25) is 0 Å². The Morgan fingerprint density at radius 1 is 0.731 bits per heavy atom. The third-order valence-electron chi connectivity index (χ3n) is 4.29. The SMILES string of the molecule is Cc1nc(P(=O)(c2ccccc2)c2ccccc2)c(-c2ccccc2)o1. The predicted octanol–water partition coefficient (Wildman–Crippen LogP) is 4.29. The Bertz CT molecular complexity index is 1010.